The van der Waals surface area contributed by atoms with E-state index in [0.29, 0.717) is 48.9 Å². The Morgan fingerprint density at radius 1 is 0.981 bits per heavy atom. The van der Waals surface area contributed by atoms with Crippen LogP contribution in [0.1, 0.15) is 96.0 Å². The van der Waals surface area contributed by atoms with Crippen molar-refractivity contribution in [3.63, 3.8) is 0 Å². The Kier molecular flexibility index (Phi) is 13.2. The van der Waals surface area contributed by atoms with Gasteiger partial charge < -0.3 is 38.9 Å². The Morgan fingerprint density at radius 2 is 1.69 bits per heavy atom. The number of rotatable bonds is 12. The minimum atomic E-state index is -0.715. The SMILES string of the molecule is COC1CCC([C@@H]2CCN(C(=O)[C@H]3CC[C@H]([C@@H](CF)NC(=O)OC(C)(C)C)CC3)[C@@H]2C(=O)Nc2ccc3oc(C(=O)OC[C@@H](C)OC)cc3c2)CC1. The maximum Gasteiger partial charge on any atom is 0.407 e. The van der Waals surface area contributed by atoms with Gasteiger partial charge in [-0.2, -0.15) is 0 Å². The van der Waals surface area contributed by atoms with E-state index in [4.69, 9.17) is 23.4 Å². The molecule has 288 valence electrons. The average Bonchev–Trinajstić information content (AvgIpc) is 3.77. The summed E-state index contributed by atoms with van der Waals surface area (Å²) in [5.41, 5.74) is 0.313. The smallest absolute Gasteiger partial charge is 0.407 e. The van der Waals surface area contributed by atoms with E-state index in [1.54, 1.807) is 64.0 Å². The first-order chi connectivity index (χ1) is 24.8. The number of carbonyl (C=O) groups excluding carboxylic acids is 4. The number of methoxy groups -OCH3 is 2. The molecule has 52 heavy (non-hydrogen) atoms. The number of fused-ring (bicyclic) bond motifs is 1. The molecule has 1 saturated heterocycles. The number of nitrogens with zero attached hydrogens (tertiary/aromatic N) is 1. The Labute approximate surface area is 305 Å². The maximum absolute atomic E-state index is 14.3. The van der Waals surface area contributed by atoms with Crippen molar-refractivity contribution in [2.45, 2.75) is 115 Å². The number of esters is 1. The van der Waals surface area contributed by atoms with Gasteiger partial charge in [0.25, 0.3) is 0 Å². The minimum absolute atomic E-state index is 0.000522. The average molecular weight is 730 g/mol. The number of anilines is 1. The number of hydrogen-bond acceptors (Lipinski definition) is 9. The lowest BCUT2D eigenvalue weighted by Crippen LogP contribution is -2.50. The third-order valence-corrected chi connectivity index (χ3v) is 11.0. The fourth-order valence-electron chi connectivity index (χ4n) is 8.16. The van der Waals surface area contributed by atoms with Gasteiger partial charge in [0.05, 0.1) is 18.2 Å². The third-order valence-electron chi connectivity index (χ3n) is 11.0. The number of carbonyl (C=O) groups is 4. The highest BCUT2D eigenvalue weighted by Gasteiger charge is 2.47. The lowest BCUT2D eigenvalue weighted by Gasteiger charge is -2.38. The molecule has 3 aliphatic rings. The molecule has 2 heterocycles. The molecule has 12 nitrogen and oxygen atoms in total. The van der Waals surface area contributed by atoms with Gasteiger partial charge in [0.1, 0.15) is 30.5 Å². The van der Waals surface area contributed by atoms with Gasteiger partial charge >= 0.3 is 12.1 Å². The summed E-state index contributed by atoms with van der Waals surface area (Å²) in [7, 11) is 3.27. The molecule has 1 aromatic carbocycles. The van der Waals surface area contributed by atoms with Crippen LogP contribution in [0.3, 0.4) is 0 Å². The van der Waals surface area contributed by atoms with Gasteiger partial charge in [0.2, 0.25) is 17.6 Å². The Balaban J connectivity index is 1.27. The quantitative estimate of drug-likeness (QED) is 0.229. The third kappa shape index (κ3) is 9.83. The molecule has 1 aliphatic heterocycles. The second-order valence-electron chi connectivity index (χ2n) is 15.7. The molecule has 2 N–H and O–H groups in total. The number of amides is 3. The standard InChI is InChI=1S/C39H56FN3O9/c1-23(48-5)22-50-37(46)33-20-27-19-28(13-16-32(27)51-33)41-35(44)34-30(24-11-14-29(49-6)15-12-24)17-18-43(34)36(45)26-9-7-25(8-10-26)31(21-40)42-38(47)52-39(2,3)4/h13,16,19-20,23-26,29-31,34H,7-12,14-15,17-18,21-22H2,1-6H3,(H,41,44)(H,42,47)/t23-,24?,25-,26-,29?,30+,31-,34+/m1/s1. The molecular weight excluding hydrogens is 673 g/mol. The van der Waals surface area contributed by atoms with Crippen molar-refractivity contribution >= 4 is 40.5 Å². The molecule has 5 rings (SSSR count). The first-order valence-electron chi connectivity index (χ1n) is 18.7. The van der Waals surface area contributed by atoms with E-state index >= 15 is 0 Å². The summed E-state index contributed by atoms with van der Waals surface area (Å²) in [5, 5.41) is 6.39. The zero-order valence-corrected chi connectivity index (χ0v) is 31.4. The van der Waals surface area contributed by atoms with E-state index in [1.807, 2.05) is 0 Å². The Morgan fingerprint density at radius 3 is 2.33 bits per heavy atom. The number of alkyl halides is 1. The van der Waals surface area contributed by atoms with E-state index in [0.717, 1.165) is 32.1 Å². The van der Waals surface area contributed by atoms with Crippen LogP contribution in [0.4, 0.5) is 14.9 Å². The highest BCUT2D eigenvalue weighted by molar-refractivity contribution is 6.00. The van der Waals surface area contributed by atoms with Gasteiger partial charge in [0, 0.05) is 37.8 Å². The van der Waals surface area contributed by atoms with Crippen LogP contribution in [-0.4, -0.2) is 92.7 Å². The van der Waals surface area contributed by atoms with Gasteiger partial charge in [-0.05, 0) is 128 Å². The summed E-state index contributed by atoms with van der Waals surface area (Å²) >= 11 is 0. The second kappa shape index (κ2) is 17.4. The summed E-state index contributed by atoms with van der Waals surface area (Å²) in [6, 6.07) is 5.42. The Bertz CT molecular complexity index is 1540. The molecule has 13 heteroatoms. The van der Waals surface area contributed by atoms with Gasteiger partial charge in [0.15, 0.2) is 0 Å². The molecule has 0 spiro atoms. The molecule has 0 unspecified atom stereocenters. The molecule has 0 bridgehead atoms. The number of alkyl carbamates (subject to hydrolysis) is 1. The first kappa shape index (κ1) is 39.5. The van der Waals surface area contributed by atoms with Crippen molar-refractivity contribution < 1.29 is 46.9 Å². The predicted molar refractivity (Wildman–Crippen MR) is 193 cm³/mol. The highest BCUT2D eigenvalue weighted by Crippen LogP contribution is 2.42. The van der Waals surface area contributed by atoms with Gasteiger partial charge in [-0.25, -0.2) is 14.0 Å². The van der Waals surface area contributed by atoms with Crippen LogP contribution in [0, 0.1) is 23.7 Å². The largest absolute Gasteiger partial charge is 0.457 e. The monoisotopic (exact) mass is 729 g/mol. The van der Waals surface area contributed by atoms with E-state index in [1.165, 1.54) is 7.11 Å². The molecule has 0 radical (unpaired) electrons. The molecule has 2 aliphatic carbocycles. The van der Waals surface area contributed by atoms with Gasteiger partial charge in [-0.1, -0.05) is 0 Å². The number of ether oxygens (including phenoxy) is 4. The summed E-state index contributed by atoms with van der Waals surface area (Å²) < 4.78 is 41.2. The van der Waals surface area contributed by atoms with Crippen molar-refractivity contribution in [3.05, 3.63) is 30.0 Å². The van der Waals surface area contributed by atoms with Crippen LogP contribution in [0.15, 0.2) is 28.7 Å². The summed E-state index contributed by atoms with van der Waals surface area (Å²) in [5.74, 6) is -0.958. The zero-order valence-electron chi connectivity index (χ0n) is 31.4. The van der Waals surface area contributed by atoms with Crippen LogP contribution in [0.2, 0.25) is 0 Å². The summed E-state index contributed by atoms with van der Waals surface area (Å²) in [6.45, 7) is 6.93. The van der Waals surface area contributed by atoms with E-state index in [2.05, 4.69) is 10.6 Å². The molecule has 2 saturated carbocycles. The van der Waals surface area contributed by atoms with Crippen LogP contribution in [-0.2, 0) is 28.5 Å². The number of likely N-dealkylation sites (tertiary alicyclic amines) is 1. The van der Waals surface area contributed by atoms with Crippen molar-refractivity contribution in [2.75, 3.05) is 39.4 Å². The van der Waals surface area contributed by atoms with Gasteiger partial charge in [-0.3, -0.25) is 9.59 Å². The molecule has 2 aromatic rings. The zero-order chi connectivity index (χ0) is 37.6. The van der Waals surface area contributed by atoms with Gasteiger partial charge in [-0.15, -0.1) is 0 Å². The van der Waals surface area contributed by atoms with Crippen molar-refractivity contribution in [3.8, 4) is 0 Å². The Hall–Kier alpha value is -3.71. The number of furan rings is 1. The van der Waals surface area contributed by atoms with Crippen LogP contribution < -0.4 is 10.6 Å². The molecule has 4 atom stereocenters. The fraction of sp³-hybridized carbons (Fsp3) is 0.692. The predicted octanol–water partition coefficient (Wildman–Crippen LogP) is 6.65. The first-order valence-corrected chi connectivity index (χ1v) is 18.7. The number of nitrogens with one attached hydrogen (secondary N) is 2. The minimum Gasteiger partial charge on any atom is -0.457 e. The number of halogens is 1. The van der Waals surface area contributed by atoms with E-state index in [-0.39, 0.29) is 60.1 Å². The van der Waals surface area contributed by atoms with Crippen molar-refractivity contribution in [1.82, 2.24) is 10.2 Å². The van der Waals surface area contributed by atoms with Crippen molar-refractivity contribution in [1.29, 1.82) is 0 Å². The van der Waals surface area contributed by atoms with E-state index < -0.39 is 36.4 Å². The second-order valence-corrected chi connectivity index (χ2v) is 15.7. The maximum atomic E-state index is 14.3. The molecular formula is C39H56FN3O9. The molecule has 3 amide bonds. The summed E-state index contributed by atoms with van der Waals surface area (Å²) in [4.78, 5) is 55.2. The number of benzene rings is 1. The topological polar surface area (TPSA) is 146 Å². The lowest BCUT2D eigenvalue weighted by molar-refractivity contribution is -0.142. The highest BCUT2D eigenvalue weighted by atomic mass is 19.1. The normalized spacial score (nSPS) is 26.4. The van der Waals surface area contributed by atoms with Crippen LogP contribution >= 0.6 is 0 Å². The van der Waals surface area contributed by atoms with Crippen molar-refractivity contribution in [2.24, 2.45) is 23.7 Å². The number of hydrogen-bond donors (Lipinski definition) is 2. The summed E-state index contributed by atoms with van der Waals surface area (Å²) in [6.07, 6.45) is 6.02. The fourth-order valence-corrected chi connectivity index (χ4v) is 8.16. The molecule has 3 fully saturated rings. The van der Waals surface area contributed by atoms with Crippen LogP contribution in [0.5, 0.6) is 0 Å². The van der Waals surface area contributed by atoms with E-state index in [9.17, 15) is 23.6 Å². The van der Waals surface area contributed by atoms with Crippen LogP contribution in [0.25, 0.3) is 11.0 Å². The molecule has 1 aromatic heterocycles. The lowest BCUT2D eigenvalue weighted by atomic mass is 9.75.